The summed E-state index contributed by atoms with van der Waals surface area (Å²) in [6.45, 7) is 6.69. The van der Waals surface area contributed by atoms with E-state index in [1.807, 2.05) is 0 Å². The first kappa shape index (κ1) is 37.1. The minimum absolute atomic E-state index is 0. The molecule has 0 aliphatic rings. The van der Waals surface area contributed by atoms with Crippen LogP contribution in [0.3, 0.4) is 0 Å². The van der Waals surface area contributed by atoms with Gasteiger partial charge in [0.2, 0.25) is 0 Å². The summed E-state index contributed by atoms with van der Waals surface area (Å²) in [6, 6.07) is 0.437. The molecule has 0 amide bonds. The van der Waals surface area contributed by atoms with Gasteiger partial charge in [0.05, 0.1) is 14.1 Å². The normalized spacial score (nSPS) is 13.8. The number of halogens is 1. The van der Waals surface area contributed by atoms with Crippen LogP contribution in [-0.4, -0.2) is 36.0 Å². The molecule has 0 aromatic rings. The first-order valence-electron chi connectivity index (χ1n) is 15.7. The van der Waals surface area contributed by atoms with Gasteiger partial charge in [-0.1, -0.05) is 142 Å². The fourth-order valence-corrected chi connectivity index (χ4v) is 5.19. The molecule has 0 bridgehead atoms. The molecule has 2 nitrogen and oxygen atoms in total. The maximum atomic E-state index is 10.6. The third-order valence-electron chi connectivity index (χ3n) is 7.92. The van der Waals surface area contributed by atoms with Crippen LogP contribution in [-0.2, 0) is 0 Å². The third kappa shape index (κ3) is 21.7. The molecular weight excluding hydrogens is 450 g/mol. The Morgan fingerprint density at radius 1 is 0.571 bits per heavy atom. The number of likely N-dealkylation sites (N-methyl/N-ethyl adjacent to an activating group) is 1. The average Bonchev–Trinajstić information content (AvgIpc) is 2.83. The zero-order valence-electron chi connectivity index (χ0n) is 24.8. The molecule has 0 fully saturated rings. The fourth-order valence-electron chi connectivity index (χ4n) is 5.19. The predicted octanol–water partition coefficient (Wildman–Crippen LogP) is 7.34. The van der Waals surface area contributed by atoms with E-state index in [1.54, 1.807) is 0 Å². The van der Waals surface area contributed by atoms with E-state index in [-0.39, 0.29) is 18.6 Å². The van der Waals surface area contributed by atoms with Crippen molar-refractivity contribution in [3.05, 3.63) is 12.2 Å². The van der Waals surface area contributed by atoms with Crippen molar-refractivity contribution in [2.24, 2.45) is 0 Å². The number of hydrogen-bond donors (Lipinski definition) is 1. The summed E-state index contributed by atoms with van der Waals surface area (Å²) in [4.78, 5) is 0. The van der Waals surface area contributed by atoms with E-state index in [9.17, 15) is 5.11 Å². The number of nitrogens with zero attached hydrogens (tertiary/aromatic N) is 1. The summed E-state index contributed by atoms with van der Waals surface area (Å²) in [7, 11) is 4.44. The van der Waals surface area contributed by atoms with Gasteiger partial charge in [-0.15, -0.1) is 0 Å². The first-order valence-corrected chi connectivity index (χ1v) is 15.7. The molecule has 0 aromatic heterocycles. The Hall–Kier alpha value is -0.0500. The third-order valence-corrected chi connectivity index (χ3v) is 7.92. The van der Waals surface area contributed by atoms with Gasteiger partial charge in [-0.25, -0.2) is 0 Å². The van der Waals surface area contributed by atoms with Crippen molar-refractivity contribution in [2.45, 2.75) is 181 Å². The van der Waals surface area contributed by atoms with Crippen LogP contribution in [0.5, 0.6) is 0 Å². The first-order chi connectivity index (χ1) is 16.5. The van der Waals surface area contributed by atoms with Gasteiger partial charge < -0.3 is 17.5 Å². The van der Waals surface area contributed by atoms with E-state index in [4.69, 9.17) is 0 Å². The van der Waals surface area contributed by atoms with E-state index in [1.165, 1.54) is 141 Å². The Morgan fingerprint density at radius 2 is 0.943 bits per heavy atom. The minimum atomic E-state index is -0.268. The topological polar surface area (TPSA) is 20.2 Å². The smallest absolute Gasteiger partial charge is 0.190 e. The van der Waals surface area contributed by atoms with Crippen molar-refractivity contribution in [3.8, 4) is 0 Å². The van der Waals surface area contributed by atoms with Gasteiger partial charge in [0.25, 0.3) is 0 Å². The van der Waals surface area contributed by atoms with E-state index in [2.05, 4.69) is 47.0 Å². The molecule has 0 rings (SSSR count). The summed E-state index contributed by atoms with van der Waals surface area (Å²) in [5.41, 5.74) is 0. The lowest BCUT2D eigenvalue weighted by atomic mass is 10.0. The molecule has 0 heterocycles. The van der Waals surface area contributed by atoms with Crippen LogP contribution in [0.15, 0.2) is 12.2 Å². The van der Waals surface area contributed by atoms with E-state index in [0.29, 0.717) is 10.5 Å². The molecule has 0 aliphatic carbocycles. The summed E-state index contributed by atoms with van der Waals surface area (Å²) in [6.07, 6.45) is 35.7. The van der Waals surface area contributed by atoms with E-state index in [0.717, 1.165) is 6.42 Å². The van der Waals surface area contributed by atoms with Crippen LogP contribution in [0.2, 0.25) is 0 Å². The highest BCUT2D eigenvalue weighted by atomic mass is 35.5. The molecule has 35 heavy (non-hydrogen) atoms. The van der Waals surface area contributed by atoms with Crippen LogP contribution < -0.4 is 12.4 Å². The molecule has 3 heteroatoms. The Balaban J connectivity index is 0. The van der Waals surface area contributed by atoms with Gasteiger partial charge in [0.15, 0.2) is 6.23 Å². The number of unbranched alkanes of at least 4 members (excludes halogenated alkanes) is 19. The number of allylic oxidation sites excluding steroid dienone is 1. The second kappa shape index (κ2) is 27.0. The molecule has 0 aliphatic heterocycles. The van der Waals surface area contributed by atoms with Crippen molar-refractivity contribution in [1.29, 1.82) is 0 Å². The molecule has 1 N–H and O–H groups in total. The molecule has 0 saturated carbocycles. The van der Waals surface area contributed by atoms with Crippen LogP contribution >= 0.6 is 0 Å². The Bertz CT molecular complexity index is 437. The number of hydrogen-bond acceptors (Lipinski definition) is 1. The monoisotopic (exact) mass is 515 g/mol. The summed E-state index contributed by atoms with van der Waals surface area (Å²) in [5, 5.41) is 10.6. The van der Waals surface area contributed by atoms with Crippen LogP contribution in [0.1, 0.15) is 168 Å². The molecular formula is C32H66ClNO. The van der Waals surface area contributed by atoms with Crippen molar-refractivity contribution in [3.63, 3.8) is 0 Å². The second-order valence-electron chi connectivity index (χ2n) is 11.5. The maximum absolute atomic E-state index is 10.6. The van der Waals surface area contributed by atoms with Gasteiger partial charge in [0.1, 0.15) is 6.04 Å². The summed E-state index contributed by atoms with van der Waals surface area (Å²) in [5.74, 6) is 0. The van der Waals surface area contributed by atoms with Crippen molar-refractivity contribution in [2.75, 3.05) is 14.1 Å². The van der Waals surface area contributed by atoms with E-state index < -0.39 is 0 Å². The van der Waals surface area contributed by atoms with Crippen LogP contribution in [0, 0.1) is 0 Å². The molecule has 0 aromatic carbocycles. The summed E-state index contributed by atoms with van der Waals surface area (Å²) >= 11 is 0. The number of rotatable bonds is 26. The standard InChI is InChI=1S/C32H66NO.ClH/c1-6-9-11-13-15-17-19-20-22-24-26-28-30-31(33(4,5)32(34)8-3)29-27-25-23-21-18-16-14-12-10-7-2;/h28,30-32,34H,6-27,29H2,1-5H3;1H/q+1;/p-1. The largest absolute Gasteiger partial charge is 1.00 e. The zero-order valence-corrected chi connectivity index (χ0v) is 25.6. The Labute approximate surface area is 228 Å². The number of aliphatic hydroxyl groups excluding tert-OH is 1. The lowest BCUT2D eigenvalue weighted by Crippen LogP contribution is -3.00. The van der Waals surface area contributed by atoms with Gasteiger partial charge in [-0.05, 0) is 25.3 Å². The average molecular weight is 516 g/mol. The van der Waals surface area contributed by atoms with Crippen LogP contribution in [0.25, 0.3) is 0 Å². The molecule has 2 unspecified atom stereocenters. The lowest BCUT2D eigenvalue weighted by Gasteiger charge is -2.40. The lowest BCUT2D eigenvalue weighted by molar-refractivity contribution is -0.953. The molecule has 0 spiro atoms. The molecule has 2 atom stereocenters. The fraction of sp³-hybridized carbons (Fsp3) is 0.938. The maximum Gasteiger partial charge on any atom is 0.190 e. The van der Waals surface area contributed by atoms with Crippen LogP contribution in [0.4, 0.5) is 0 Å². The van der Waals surface area contributed by atoms with Crippen molar-refractivity contribution in [1.82, 2.24) is 0 Å². The van der Waals surface area contributed by atoms with Crippen molar-refractivity contribution < 1.29 is 22.0 Å². The predicted molar refractivity (Wildman–Crippen MR) is 154 cm³/mol. The van der Waals surface area contributed by atoms with Gasteiger partial charge in [-0.2, -0.15) is 0 Å². The quantitative estimate of drug-likeness (QED) is 0.0552. The number of quaternary nitrogens is 1. The molecule has 0 saturated heterocycles. The Kier molecular flexibility index (Phi) is 28.6. The Morgan fingerprint density at radius 3 is 1.34 bits per heavy atom. The second-order valence-corrected chi connectivity index (χ2v) is 11.5. The molecule has 0 radical (unpaired) electrons. The summed E-state index contributed by atoms with van der Waals surface area (Å²) < 4.78 is 0.711. The van der Waals surface area contributed by atoms with E-state index >= 15 is 0 Å². The van der Waals surface area contributed by atoms with Gasteiger partial charge >= 0.3 is 0 Å². The van der Waals surface area contributed by atoms with Gasteiger partial charge in [-0.3, -0.25) is 4.48 Å². The highest BCUT2D eigenvalue weighted by Crippen LogP contribution is 2.22. The van der Waals surface area contributed by atoms with Crippen molar-refractivity contribution >= 4 is 0 Å². The molecule has 212 valence electrons. The highest BCUT2D eigenvalue weighted by molar-refractivity contribution is 4.90. The zero-order chi connectivity index (χ0) is 25.3. The SMILES string of the molecule is CCCCCCCCCCCCC=CC(CCCCCCCCCCCC)[N+](C)(C)C(O)CC.[Cl-]. The number of aliphatic hydroxyl groups is 1. The van der Waals surface area contributed by atoms with Gasteiger partial charge in [0, 0.05) is 12.8 Å². The highest BCUT2D eigenvalue weighted by Gasteiger charge is 2.31. The minimum Gasteiger partial charge on any atom is -1.00 e.